The van der Waals surface area contributed by atoms with E-state index in [-0.39, 0.29) is 0 Å². The highest BCUT2D eigenvalue weighted by molar-refractivity contribution is 5.78. The van der Waals surface area contributed by atoms with Crippen LogP contribution in [0.15, 0.2) is 48.5 Å². The second kappa shape index (κ2) is 6.00. The lowest BCUT2D eigenvalue weighted by atomic mass is 10.1. The molecule has 0 radical (unpaired) electrons. The summed E-state index contributed by atoms with van der Waals surface area (Å²) >= 11 is 0. The van der Waals surface area contributed by atoms with Gasteiger partial charge in [-0.05, 0) is 36.6 Å². The number of fused-ring (bicyclic) bond motifs is 1. The zero-order chi connectivity index (χ0) is 14.7. The second-order valence-corrected chi connectivity index (χ2v) is 5.19. The van der Waals surface area contributed by atoms with Crippen molar-refractivity contribution in [3.8, 4) is 0 Å². The molecule has 1 aromatic heterocycles. The number of hydrogen-bond acceptors (Lipinski definition) is 2. The number of rotatable bonds is 5. The Hall–Kier alpha value is -2.29. The maximum absolute atomic E-state index is 4.68. The van der Waals surface area contributed by atoms with E-state index >= 15 is 0 Å². The van der Waals surface area contributed by atoms with E-state index in [1.807, 2.05) is 6.07 Å². The number of anilines is 1. The Morgan fingerprint density at radius 2 is 1.67 bits per heavy atom. The maximum atomic E-state index is 4.68. The van der Waals surface area contributed by atoms with Gasteiger partial charge in [0, 0.05) is 13.1 Å². The molecule has 1 heterocycles. The molecular weight excluding hydrogens is 258 g/mol. The fourth-order valence-electron chi connectivity index (χ4n) is 2.60. The second-order valence-electron chi connectivity index (χ2n) is 5.19. The first-order chi connectivity index (χ1) is 10.3. The first-order valence-electron chi connectivity index (χ1n) is 7.58. The zero-order valence-electron chi connectivity index (χ0n) is 12.6. The van der Waals surface area contributed by atoms with Crippen molar-refractivity contribution in [2.45, 2.75) is 33.4 Å². The van der Waals surface area contributed by atoms with Crippen molar-refractivity contribution in [2.24, 2.45) is 0 Å². The Morgan fingerprint density at radius 1 is 0.952 bits per heavy atom. The first-order valence-corrected chi connectivity index (χ1v) is 7.58. The summed E-state index contributed by atoms with van der Waals surface area (Å²) in [5, 5.41) is 3.46. The minimum absolute atomic E-state index is 0.799. The van der Waals surface area contributed by atoms with E-state index in [4.69, 9.17) is 0 Å². The number of nitrogens with zero attached hydrogens (tertiary/aromatic N) is 2. The molecule has 0 saturated heterocycles. The van der Waals surface area contributed by atoms with E-state index in [2.05, 4.69) is 71.2 Å². The standard InChI is InChI=1S/C18H21N3/c1-3-14-9-11-15(12-10-14)13-19-18-20-16-7-5-6-8-17(16)21(18)4-2/h5-12H,3-4,13H2,1-2H3,(H,19,20). The minimum Gasteiger partial charge on any atom is -0.352 e. The molecule has 108 valence electrons. The topological polar surface area (TPSA) is 29.9 Å². The molecule has 1 N–H and O–H groups in total. The Labute approximate surface area is 125 Å². The van der Waals surface area contributed by atoms with Gasteiger partial charge in [-0.3, -0.25) is 0 Å². The molecule has 21 heavy (non-hydrogen) atoms. The average molecular weight is 279 g/mol. The largest absolute Gasteiger partial charge is 0.352 e. The van der Waals surface area contributed by atoms with Crippen LogP contribution in [0.25, 0.3) is 11.0 Å². The quantitative estimate of drug-likeness (QED) is 0.757. The number of nitrogens with one attached hydrogen (secondary N) is 1. The monoisotopic (exact) mass is 279 g/mol. The van der Waals surface area contributed by atoms with Gasteiger partial charge in [0.25, 0.3) is 0 Å². The summed E-state index contributed by atoms with van der Waals surface area (Å²) in [5.74, 6) is 0.943. The molecule has 0 saturated carbocycles. The molecule has 3 heteroatoms. The lowest BCUT2D eigenvalue weighted by Crippen LogP contribution is -2.06. The minimum atomic E-state index is 0.799. The predicted molar refractivity (Wildman–Crippen MR) is 88.6 cm³/mol. The van der Waals surface area contributed by atoms with Gasteiger partial charge in [0.15, 0.2) is 0 Å². The Bertz CT molecular complexity index is 726. The normalized spacial score (nSPS) is 11.0. The number of aromatic nitrogens is 2. The molecule has 3 rings (SSSR count). The van der Waals surface area contributed by atoms with Gasteiger partial charge in [-0.1, -0.05) is 43.3 Å². The van der Waals surface area contributed by atoms with Gasteiger partial charge in [-0.2, -0.15) is 0 Å². The van der Waals surface area contributed by atoms with Gasteiger partial charge in [0.1, 0.15) is 0 Å². The number of benzene rings is 2. The van der Waals surface area contributed by atoms with Gasteiger partial charge >= 0.3 is 0 Å². The first kappa shape index (κ1) is 13.7. The van der Waals surface area contributed by atoms with Gasteiger partial charge in [0.05, 0.1) is 11.0 Å². The fraction of sp³-hybridized carbons (Fsp3) is 0.278. The smallest absolute Gasteiger partial charge is 0.204 e. The van der Waals surface area contributed by atoms with Crippen molar-refractivity contribution >= 4 is 17.0 Å². The summed E-state index contributed by atoms with van der Waals surface area (Å²) in [5.41, 5.74) is 4.88. The summed E-state index contributed by atoms with van der Waals surface area (Å²) in [6, 6.07) is 17.0. The number of aryl methyl sites for hydroxylation is 2. The summed E-state index contributed by atoms with van der Waals surface area (Å²) in [6.07, 6.45) is 1.08. The van der Waals surface area contributed by atoms with E-state index in [9.17, 15) is 0 Å². The highest BCUT2D eigenvalue weighted by Crippen LogP contribution is 2.19. The Kier molecular flexibility index (Phi) is 3.91. The van der Waals surface area contributed by atoms with Crippen LogP contribution in [-0.2, 0) is 19.5 Å². The fourth-order valence-corrected chi connectivity index (χ4v) is 2.60. The summed E-state index contributed by atoms with van der Waals surface area (Å²) in [4.78, 5) is 4.68. The van der Waals surface area contributed by atoms with E-state index in [0.29, 0.717) is 0 Å². The van der Waals surface area contributed by atoms with Crippen molar-refractivity contribution in [1.29, 1.82) is 0 Å². The third-order valence-corrected chi connectivity index (χ3v) is 3.85. The lowest BCUT2D eigenvalue weighted by molar-refractivity contribution is 0.787. The van der Waals surface area contributed by atoms with E-state index < -0.39 is 0 Å². The van der Waals surface area contributed by atoms with Crippen molar-refractivity contribution in [2.75, 3.05) is 5.32 Å². The summed E-state index contributed by atoms with van der Waals surface area (Å²) in [7, 11) is 0. The molecule has 0 amide bonds. The molecule has 0 atom stereocenters. The van der Waals surface area contributed by atoms with Crippen LogP contribution in [-0.4, -0.2) is 9.55 Å². The molecule has 0 aliphatic carbocycles. The maximum Gasteiger partial charge on any atom is 0.204 e. The highest BCUT2D eigenvalue weighted by Gasteiger charge is 2.08. The SMILES string of the molecule is CCc1ccc(CNc2nc3ccccc3n2CC)cc1. The van der Waals surface area contributed by atoms with Gasteiger partial charge < -0.3 is 9.88 Å². The van der Waals surface area contributed by atoms with E-state index in [1.54, 1.807) is 0 Å². The molecule has 0 unspecified atom stereocenters. The van der Waals surface area contributed by atoms with Crippen LogP contribution in [0, 0.1) is 0 Å². The van der Waals surface area contributed by atoms with Crippen molar-refractivity contribution in [1.82, 2.24) is 9.55 Å². The number of hydrogen-bond donors (Lipinski definition) is 1. The van der Waals surface area contributed by atoms with Crippen molar-refractivity contribution < 1.29 is 0 Å². The highest BCUT2D eigenvalue weighted by atomic mass is 15.2. The third-order valence-electron chi connectivity index (χ3n) is 3.85. The van der Waals surface area contributed by atoms with Crippen LogP contribution in [0.3, 0.4) is 0 Å². The lowest BCUT2D eigenvalue weighted by Gasteiger charge is -2.09. The zero-order valence-corrected chi connectivity index (χ0v) is 12.6. The van der Waals surface area contributed by atoms with Crippen LogP contribution < -0.4 is 5.32 Å². The molecule has 0 spiro atoms. The molecule has 0 bridgehead atoms. The molecular formula is C18H21N3. The molecule has 0 fully saturated rings. The van der Waals surface area contributed by atoms with Gasteiger partial charge in [-0.15, -0.1) is 0 Å². The van der Waals surface area contributed by atoms with Crippen LogP contribution in [0.5, 0.6) is 0 Å². The third kappa shape index (κ3) is 2.77. The van der Waals surface area contributed by atoms with Crippen molar-refractivity contribution in [3.05, 3.63) is 59.7 Å². The van der Waals surface area contributed by atoms with Crippen LogP contribution in [0.1, 0.15) is 25.0 Å². The molecule has 3 nitrogen and oxygen atoms in total. The predicted octanol–water partition coefficient (Wildman–Crippen LogP) is 4.23. The summed E-state index contributed by atoms with van der Waals surface area (Å²) in [6.45, 7) is 6.04. The molecule has 0 aliphatic heterocycles. The molecule has 2 aromatic carbocycles. The average Bonchev–Trinajstić information content (AvgIpc) is 2.91. The molecule has 0 aliphatic rings. The molecule has 3 aromatic rings. The van der Waals surface area contributed by atoms with Gasteiger partial charge in [0.2, 0.25) is 5.95 Å². The Morgan fingerprint density at radius 3 is 2.38 bits per heavy atom. The summed E-state index contributed by atoms with van der Waals surface area (Å²) < 4.78 is 2.22. The number of para-hydroxylation sites is 2. The number of imidazole rings is 1. The van der Waals surface area contributed by atoms with Crippen LogP contribution in [0.4, 0.5) is 5.95 Å². The van der Waals surface area contributed by atoms with Crippen molar-refractivity contribution in [3.63, 3.8) is 0 Å². The van der Waals surface area contributed by atoms with Crippen LogP contribution >= 0.6 is 0 Å². The van der Waals surface area contributed by atoms with Gasteiger partial charge in [-0.25, -0.2) is 4.98 Å². The van der Waals surface area contributed by atoms with E-state index in [1.165, 1.54) is 16.6 Å². The van der Waals surface area contributed by atoms with E-state index in [0.717, 1.165) is 31.0 Å². The Balaban J connectivity index is 1.80. The van der Waals surface area contributed by atoms with Crippen LogP contribution in [0.2, 0.25) is 0 Å².